The number of thiophene rings is 1. The van der Waals surface area contributed by atoms with Gasteiger partial charge in [-0.15, -0.1) is 11.3 Å². The molecule has 1 saturated heterocycles. The second-order valence-corrected chi connectivity index (χ2v) is 13.2. The first-order valence-electron chi connectivity index (χ1n) is 15.8. The minimum absolute atomic E-state index is 0.0368. The molecule has 0 atom stereocenters. The molecule has 9 nitrogen and oxygen atoms in total. The third kappa shape index (κ3) is 5.46. The van der Waals surface area contributed by atoms with Crippen molar-refractivity contribution >= 4 is 50.2 Å². The van der Waals surface area contributed by atoms with E-state index in [1.165, 1.54) is 11.3 Å². The van der Waals surface area contributed by atoms with Crippen LogP contribution >= 0.6 is 11.3 Å². The van der Waals surface area contributed by atoms with Crippen molar-refractivity contribution in [2.24, 2.45) is 7.05 Å². The van der Waals surface area contributed by atoms with E-state index in [1.807, 2.05) is 47.5 Å². The number of aliphatic hydroxyl groups excluding tert-OH is 1. The standard InChI is InChI=1S/C36H38N6O3S/c1-4-23-17-28(29(22-43)31(18-23)42-12-11-27-26-7-5-6-8-32(26)46-34(27)36(42)45)24-19-30(35(44)40(3)21-24)38-33-10-9-25(20-37-33)41-15-13-39(2)14-16-41/h5-10,17-21,43H,4,11-16,22H2,1-3H3,(H,37,38). The van der Waals surface area contributed by atoms with Crippen molar-refractivity contribution in [3.63, 3.8) is 0 Å². The summed E-state index contributed by atoms with van der Waals surface area (Å²) < 4.78 is 2.66. The number of fused-ring (bicyclic) bond motifs is 3. The number of rotatable bonds is 7. The van der Waals surface area contributed by atoms with Crippen LogP contribution in [0.3, 0.4) is 0 Å². The molecule has 2 aliphatic heterocycles. The number of nitrogens with zero attached hydrogens (tertiary/aromatic N) is 5. The van der Waals surface area contributed by atoms with Crippen molar-refractivity contribution in [1.82, 2.24) is 14.5 Å². The van der Waals surface area contributed by atoms with E-state index in [-0.39, 0.29) is 18.1 Å². The molecule has 236 valence electrons. The van der Waals surface area contributed by atoms with Gasteiger partial charge in [0.15, 0.2) is 0 Å². The Morgan fingerprint density at radius 3 is 2.52 bits per heavy atom. The van der Waals surface area contributed by atoms with Crippen molar-refractivity contribution in [3.05, 3.63) is 98.9 Å². The average Bonchev–Trinajstić information content (AvgIpc) is 3.47. The van der Waals surface area contributed by atoms with E-state index in [9.17, 15) is 14.7 Å². The number of amides is 1. The van der Waals surface area contributed by atoms with Gasteiger partial charge in [-0.1, -0.05) is 31.2 Å². The summed E-state index contributed by atoms with van der Waals surface area (Å²) in [7, 11) is 3.86. The fraction of sp³-hybridized carbons (Fsp3) is 0.306. The summed E-state index contributed by atoms with van der Waals surface area (Å²) in [4.78, 5) is 39.1. The van der Waals surface area contributed by atoms with Gasteiger partial charge in [0, 0.05) is 61.8 Å². The average molecular weight is 635 g/mol. The number of aliphatic hydroxyl groups is 1. The number of benzene rings is 2. The highest BCUT2D eigenvalue weighted by atomic mass is 32.1. The van der Waals surface area contributed by atoms with Gasteiger partial charge in [-0.2, -0.15) is 0 Å². The van der Waals surface area contributed by atoms with Crippen LogP contribution in [-0.4, -0.2) is 65.2 Å². The topological polar surface area (TPSA) is 93.9 Å². The van der Waals surface area contributed by atoms with Crippen molar-refractivity contribution in [2.45, 2.75) is 26.4 Å². The second-order valence-electron chi connectivity index (χ2n) is 12.1. The molecule has 1 fully saturated rings. The van der Waals surface area contributed by atoms with Crippen LogP contribution in [0.2, 0.25) is 0 Å². The molecular formula is C36H38N6O3S. The van der Waals surface area contributed by atoms with Gasteiger partial charge in [-0.3, -0.25) is 9.59 Å². The molecule has 2 aromatic carbocycles. The first-order valence-corrected chi connectivity index (χ1v) is 16.6. The Labute approximate surface area is 272 Å². The highest BCUT2D eigenvalue weighted by Gasteiger charge is 2.31. The minimum atomic E-state index is -0.251. The Kier molecular flexibility index (Phi) is 8.10. The fourth-order valence-corrected chi connectivity index (χ4v) is 7.78. The minimum Gasteiger partial charge on any atom is -0.392 e. The lowest BCUT2D eigenvalue weighted by Gasteiger charge is -2.33. The summed E-state index contributed by atoms with van der Waals surface area (Å²) in [6.07, 6.45) is 5.14. The van der Waals surface area contributed by atoms with E-state index < -0.39 is 0 Å². The number of hydrogen-bond donors (Lipinski definition) is 2. The zero-order chi connectivity index (χ0) is 31.9. The van der Waals surface area contributed by atoms with Gasteiger partial charge in [0.05, 0.1) is 29.1 Å². The summed E-state index contributed by atoms with van der Waals surface area (Å²) in [6, 6.07) is 18.0. The third-order valence-corrected chi connectivity index (χ3v) is 10.4. The van der Waals surface area contributed by atoms with E-state index >= 15 is 0 Å². The van der Waals surface area contributed by atoms with Crippen LogP contribution in [0, 0.1) is 0 Å². The summed E-state index contributed by atoms with van der Waals surface area (Å²) >= 11 is 1.53. The van der Waals surface area contributed by atoms with E-state index in [1.54, 1.807) is 17.8 Å². The predicted molar refractivity (Wildman–Crippen MR) is 187 cm³/mol. The quantitative estimate of drug-likeness (QED) is 0.247. The number of anilines is 4. The normalized spacial score (nSPS) is 15.4. The van der Waals surface area contributed by atoms with Crippen LogP contribution in [0.1, 0.15) is 33.3 Å². The van der Waals surface area contributed by atoms with Crippen molar-refractivity contribution in [3.8, 4) is 11.1 Å². The van der Waals surface area contributed by atoms with Crippen molar-refractivity contribution in [2.75, 3.05) is 54.9 Å². The highest BCUT2D eigenvalue weighted by molar-refractivity contribution is 7.21. The Balaban J connectivity index is 1.23. The Bertz CT molecular complexity index is 1990. The molecule has 10 heteroatoms. The van der Waals surface area contributed by atoms with E-state index in [0.29, 0.717) is 23.6 Å². The smallest absolute Gasteiger partial charge is 0.274 e. The van der Waals surface area contributed by atoms with Gasteiger partial charge in [0.2, 0.25) is 0 Å². The first kappa shape index (κ1) is 30.2. The third-order valence-electron chi connectivity index (χ3n) is 9.24. The van der Waals surface area contributed by atoms with Gasteiger partial charge in [0.25, 0.3) is 11.5 Å². The Morgan fingerprint density at radius 2 is 1.78 bits per heavy atom. The summed E-state index contributed by atoms with van der Waals surface area (Å²) in [5.41, 5.74) is 6.36. The molecule has 5 aromatic rings. The lowest BCUT2D eigenvalue weighted by atomic mass is 9.93. The van der Waals surface area contributed by atoms with Crippen molar-refractivity contribution in [1.29, 1.82) is 0 Å². The number of carbonyl (C=O) groups is 1. The van der Waals surface area contributed by atoms with Crippen molar-refractivity contribution < 1.29 is 9.90 Å². The SMILES string of the molecule is CCc1cc(-c2cc(Nc3ccc(N4CCN(C)CC4)cn3)c(=O)n(C)c2)c(CO)c(N2CCc3c(sc4ccccc34)C2=O)c1. The molecule has 5 heterocycles. The van der Waals surface area contributed by atoms with Gasteiger partial charge in [-0.05, 0) is 72.3 Å². The zero-order valence-electron chi connectivity index (χ0n) is 26.4. The largest absolute Gasteiger partial charge is 0.392 e. The number of aromatic nitrogens is 2. The summed E-state index contributed by atoms with van der Waals surface area (Å²) in [5.74, 6) is 0.542. The molecule has 2 aliphatic rings. The Morgan fingerprint density at radius 1 is 0.978 bits per heavy atom. The van der Waals surface area contributed by atoms with Crippen LogP contribution in [0.25, 0.3) is 21.2 Å². The summed E-state index contributed by atoms with van der Waals surface area (Å²) in [5, 5.41) is 15.2. The molecule has 2 N–H and O–H groups in total. The lowest BCUT2D eigenvalue weighted by Crippen LogP contribution is -2.44. The molecule has 7 rings (SSSR count). The number of piperazine rings is 1. The number of aryl methyl sites for hydroxylation is 2. The predicted octanol–water partition coefficient (Wildman–Crippen LogP) is 5.42. The van der Waals surface area contributed by atoms with Gasteiger partial charge in [-0.25, -0.2) is 4.98 Å². The molecule has 0 saturated carbocycles. The molecule has 0 bridgehead atoms. The molecular weight excluding hydrogens is 597 g/mol. The molecule has 0 unspecified atom stereocenters. The van der Waals surface area contributed by atoms with Crippen LogP contribution in [0.4, 0.5) is 22.9 Å². The molecule has 3 aromatic heterocycles. The Hall–Kier alpha value is -4.51. The number of pyridine rings is 2. The maximum absolute atomic E-state index is 14.0. The molecule has 0 spiro atoms. The van der Waals surface area contributed by atoms with Gasteiger partial charge >= 0.3 is 0 Å². The number of likely N-dealkylation sites (N-methyl/N-ethyl adjacent to an activating group) is 1. The van der Waals surface area contributed by atoms with E-state index in [2.05, 4.69) is 52.3 Å². The van der Waals surface area contributed by atoms with Crippen LogP contribution in [0.15, 0.2) is 71.8 Å². The fourth-order valence-electron chi connectivity index (χ4n) is 6.58. The van der Waals surface area contributed by atoms with Crippen LogP contribution in [-0.2, 0) is 26.5 Å². The maximum Gasteiger partial charge on any atom is 0.274 e. The van der Waals surface area contributed by atoms with Crippen LogP contribution in [0.5, 0.6) is 0 Å². The first-order chi connectivity index (χ1) is 22.3. The summed E-state index contributed by atoms with van der Waals surface area (Å²) in [6.45, 7) is 6.28. The lowest BCUT2D eigenvalue weighted by molar-refractivity contribution is 0.0984. The monoisotopic (exact) mass is 634 g/mol. The second kappa shape index (κ2) is 12.4. The molecule has 0 aliphatic carbocycles. The molecule has 46 heavy (non-hydrogen) atoms. The number of nitrogens with one attached hydrogen (secondary N) is 1. The maximum atomic E-state index is 14.0. The van der Waals surface area contributed by atoms with E-state index in [4.69, 9.17) is 0 Å². The molecule has 1 amide bonds. The van der Waals surface area contributed by atoms with Gasteiger partial charge < -0.3 is 29.7 Å². The zero-order valence-corrected chi connectivity index (χ0v) is 27.2. The van der Waals surface area contributed by atoms with E-state index in [0.717, 1.165) is 87.6 Å². The molecule has 0 radical (unpaired) electrons. The number of hydrogen-bond acceptors (Lipinski definition) is 8. The number of carbonyl (C=O) groups excluding carboxylic acids is 1. The van der Waals surface area contributed by atoms with Crippen LogP contribution < -0.4 is 20.7 Å². The highest BCUT2D eigenvalue weighted by Crippen LogP contribution is 2.40. The van der Waals surface area contributed by atoms with Gasteiger partial charge in [0.1, 0.15) is 11.5 Å².